The molecule has 4 N–H and O–H groups in total. The predicted octanol–water partition coefficient (Wildman–Crippen LogP) is 3.77. The van der Waals surface area contributed by atoms with Gasteiger partial charge in [0.2, 0.25) is 0 Å². The topological polar surface area (TPSA) is 94.2 Å². The summed E-state index contributed by atoms with van der Waals surface area (Å²) in [4.78, 5) is 4.62. The molecule has 1 aromatic heterocycles. The van der Waals surface area contributed by atoms with Gasteiger partial charge in [0.05, 0.1) is 17.4 Å². The molecule has 3 atom stereocenters. The quantitative estimate of drug-likeness (QED) is 0.576. The zero-order valence-electron chi connectivity index (χ0n) is 18.9. The van der Waals surface area contributed by atoms with E-state index < -0.39 is 27.1 Å². The fourth-order valence-electron chi connectivity index (χ4n) is 2.79. The average Bonchev–Trinajstić information content (AvgIpc) is 2.67. The number of halogens is 1. The first-order valence-electron chi connectivity index (χ1n) is 10.1. The van der Waals surface area contributed by atoms with Crippen molar-refractivity contribution in [2.75, 3.05) is 6.54 Å². The Morgan fingerprint density at radius 3 is 2.20 bits per heavy atom. The molecule has 3 unspecified atom stereocenters. The van der Waals surface area contributed by atoms with Crippen LogP contribution in [0.2, 0.25) is 0 Å². The molecule has 0 aliphatic carbocycles. The first-order chi connectivity index (χ1) is 13.7. The molecule has 0 aliphatic heterocycles. The summed E-state index contributed by atoms with van der Waals surface area (Å²) >= 11 is -1.23. The van der Waals surface area contributed by atoms with Gasteiger partial charge in [0.1, 0.15) is 16.2 Å². The van der Waals surface area contributed by atoms with E-state index in [9.17, 15) is 14.0 Å². The van der Waals surface area contributed by atoms with Crippen LogP contribution >= 0.6 is 0 Å². The largest absolute Gasteiger partial charge is 0.598 e. The van der Waals surface area contributed by atoms with Crippen molar-refractivity contribution in [3.8, 4) is 11.3 Å². The molecule has 1 aromatic carbocycles. The van der Waals surface area contributed by atoms with Crippen molar-refractivity contribution in [2.45, 2.75) is 70.3 Å². The summed E-state index contributed by atoms with van der Waals surface area (Å²) in [6.45, 7) is 13.5. The van der Waals surface area contributed by atoms with Gasteiger partial charge in [0.15, 0.2) is 0 Å². The lowest BCUT2D eigenvalue weighted by atomic mass is 9.77. The van der Waals surface area contributed by atoms with E-state index in [-0.39, 0.29) is 18.4 Å². The van der Waals surface area contributed by atoms with E-state index >= 15 is 0 Å². The third-order valence-electron chi connectivity index (χ3n) is 5.58. The van der Waals surface area contributed by atoms with Gasteiger partial charge in [0.25, 0.3) is 0 Å². The summed E-state index contributed by atoms with van der Waals surface area (Å²) in [7, 11) is 0. The highest BCUT2D eigenvalue weighted by molar-refractivity contribution is 7.90. The molecule has 0 bridgehead atoms. The fourth-order valence-corrected chi connectivity index (χ4v) is 3.76. The monoisotopic (exact) mass is 435 g/mol. The van der Waals surface area contributed by atoms with Crippen LogP contribution in [-0.4, -0.2) is 32.0 Å². The van der Waals surface area contributed by atoms with Crippen LogP contribution in [0.3, 0.4) is 0 Å². The van der Waals surface area contributed by atoms with Gasteiger partial charge >= 0.3 is 0 Å². The van der Waals surface area contributed by atoms with E-state index in [0.717, 1.165) is 11.1 Å². The lowest BCUT2D eigenvalue weighted by Gasteiger charge is -2.36. The Labute approximate surface area is 182 Å². The van der Waals surface area contributed by atoms with Gasteiger partial charge in [-0.25, -0.2) is 9.37 Å². The maximum Gasteiger partial charge on any atom is 0.136 e. The van der Waals surface area contributed by atoms with E-state index in [2.05, 4.69) is 23.6 Å². The molecular formula is C23H34FN3O2S. The van der Waals surface area contributed by atoms with Gasteiger partial charge in [-0.1, -0.05) is 13.8 Å². The summed E-state index contributed by atoms with van der Waals surface area (Å²) in [5, 5.41) is 10.8. The van der Waals surface area contributed by atoms with Gasteiger partial charge in [0, 0.05) is 28.9 Å². The van der Waals surface area contributed by atoms with Crippen molar-refractivity contribution < 1.29 is 14.0 Å². The maximum atomic E-state index is 13.4. The van der Waals surface area contributed by atoms with Crippen LogP contribution in [0, 0.1) is 5.82 Å². The Morgan fingerprint density at radius 1 is 1.13 bits per heavy atom. The molecule has 2 rings (SSSR count). The lowest BCUT2D eigenvalue weighted by Crippen LogP contribution is -2.50. The number of nitrogens with zero attached hydrogens (tertiary/aromatic N) is 1. The Hall–Kier alpha value is -1.51. The summed E-state index contributed by atoms with van der Waals surface area (Å²) in [5.41, 5.74) is 6.74. The van der Waals surface area contributed by atoms with Crippen LogP contribution in [0.4, 0.5) is 4.39 Å². The van der Waals surface area contributed by atoms with Crippen LogP contribution < -0.4 is 10.5 Å². The molecule has 0 saturated heterocycles. The Bertz CT molecular complexity index is 864. The maximum absolute atomic E-state index is 13.4. The first-order valence-corrected chi connectivity index (χ1v) is 11.2. The van der Waals surface area contributed by atoms with E-state index in [1.165, 1.54) is 12.1 Å². The van der Waals surface area contributed by atoms with Crippen molar-refractivity contribution in [3.63, 3.8) is 0 Å². The third-order valence-corrected chi connectivity index (χ3v) is 7.26. The molecule has 0 aliphatic rings. The second-order valence-electron chi connectivity index (χ2n) is 9.55. The number of benzene rings is 1. The summed E-state index contributed by atoms with van der Waals surface area (Å²) < 4.78 is 28.9. The third kappa shape index (κ3) is 5.59. The Balaban J connectivity index is 2.55. The molecule has 1 heterocycles. The standard InChI is InChI=1S/C23H34FN3O2S/c1-15(27-30(29)21(2,3)4)22(5,6)17-12-19(16-8-10-18(24)11-9-16)26-20(13-17)23(7,28)14-25/h8-13,15,27-28H,14,25H2,1-7H3. The number of hydrogen-bond acceptors (Lipinski definition) is 5. The Kier molecular flexibility index (Phi) is 7.37. The highest BCUT2D eigenvalue weighted by Crippen LogP contribution is 2.34. The van der Waals surface area contributed by atoms with Gasteiger partial charge in [-0.3, -0.25) is 0 Å². The number of hydrogen-bond donors (Lipinski definition) is 3. The van der Waals surface area contributed by atoms with Crippen LogP contribution in [0.25, 0.3) is 11.3 Å². The number of rotatable bonds is 7. The zero-order valence-corrected chi connectivity index (χ0v) is 19.7. The van der Waals surface area contributed by atoms with Crippen LogP contribution in [0.5, 0.6) is 0 Å². The molecular weight excluding hydrogens is 401 g/mol. The SMILES string of the molecule is CC(N[S+]([O-])C(C)(C)C)C(C)(C)c1cc(-c2ccc(F)cc2)nc(C(C)(O)CN)c1. The molecule has 0 amide bonds. The molecule has 0 radical (unpaired) electrons. The van der Waals surface area contributed by atoms with Crippen LogP contribution in [0.1, 0.15) is 59.7 Å². The fraction of sp³-hybridized carbons (Fsp3) is 0.522. The summed E-state index contributed by atoms with van der Waals surface area (Å²) in [6, 6.07) is 9.71. The van der Waals surface area contributed by atoms with Gasteiger partial charge in [-0.2, -0.15) is 0 Å². The number of aliphatic hydroxyl groups is 1. The number of nitrogens with two attached hydrogens (primary N) is 1. The summed E-state index contributed by atoms with van der Waals surface area (Å²) in [5.74, 6) is -0.327. The van der Waals surface area contributed by atoms with Gasteiger partial charge in [-0.05, 0) is 76.6 Å². The highest BCUT2D eigenvalue weighted by Gasteiger charge is 2.36. The van der Waals surface area contributed by atoms with Crippen LogP contribution in [0.15, 0.2) is 36.4 Å². The molecule has 30 heavy (non-hydrogen) atoms. The number of aromatic nitrogens is 1. The number of nitrogens with one attached hydrogen (secondary N) is 1. The predicted molar refractivity (Wildman–Crippen MR) is 122 cm³/mol. The zero-order chi connectivity index (χ0) is 22.9. The smallest absolute Gasteiger partial charge is 0.136 e. The van der Waals surface area contributed by atoms with Gasteiger partial charge < -0.3 is 15.4 Å². The van der Waals surface area contributed by atoms with E-state index in [1.807, 2.05) is 39.8 Å². The lowest BCUT2D eigenvalue weighted by molar-refractivity contribution is 0.0621. The minimum atomic E-state index is -1.31. The van der Waals surface area contributed by atoms with E-state index in [1.54, 1.807) is 19.1 Å². The molecule has 5 nitrogen and oxygen atoms in total. The van der Waals surface area contributed by atoms with Crippen molar-refractivity contribution in [1.29, 1.82) is 0 Å². The second-order valence-corrected chi connectivity index (χ2v) is 11.6. The van der Waals surface area contributed by atoms with Gasteiger partial charge in [-0.15, -0.1) is 4.72 Å². The van der Waals surface area contributed by atoms with Crippen LogP contribution in [-0.2, 0) is 22.4 Å². The average molecular weight is 436 g/mol. The van der Waals surface area contributed by atoms with Crippen molar-refractivity contribution in [2.24, 2.45) is 5.73 Å². The van der Waals surface area contributed by atoms with Crippen molar-refractivity contribution in [1.82, 2.24) is 9.71 Å². The van der Waals surface area contributed by atoms with Crippen molar-refractivity contribution >= 4 is 11.4 Å². The second kappa shape index (κ2) is 8.93. The minimum absolute atomic E-state index is 0.00852. The highest BCUT2D eigenvalue weighted by atomic mass is 32.2. The molecule has 0 saturated carbocycles. The number of pyridine rings is 1. The van der Waals surface area contributed by atoms with E-state index in [4.69, 9.17) is 5.73 Å². The first kappa shape index (κ1) is 24.8. The molecule has 0 fully saturated rings. The normalized spacial score (nSPS) is 16.8. The molecule has 0 spiro atoms. The molecule has 7 heteroatoms. The minimum Gasteiger partial charge on any atom is -0.598 e. The summed E-state index contributed by atoms with van der Waals surface area (Å²) in [6.07, 6.45) is 0. The molecule has 166 valence electrons. The van der Waals surface area contributed by atoms with E-state index in [0.29, 0.717) is 11.4 Å². The molecule has 2 aromatic rings. The Morgan fingerprint density at radius 2 is 1.70 bits per heavy atom. The van der Waals surface area contributed by atoms with Crippen molar-refractivity contribution in [3.05, 3.63) is 53.5 Å².